The minimum atomic E-state index is -1.83. The van der Waals surface area contributed by atoms with Crippen molar-refractivity contribution in [1.82, 2.24) is 41.7 Å². The number of aromatic hydroxyl groups is 1. The SMILES string of the molecule is C/C=C1\NC(=O)[C@H](NC(=O)[C@H](CC[S@@](C)=O)NC(=O)[C@@H](NC(=O)CCC)[C@@H](C)CC)[C@H](C)OC(=O)[C@H](C(C)C)NC(=O)[C@H](Cc2ccc(O)cc2)N(C)C(=O)[C@H](Cc2ccccc2)N2C(=O)[C@H](CC[C@@H]2O)NC1=O. The number of cyclic esters (lactones) is 1. The first-order valence-corrected chi connectivity index (χ1v) is 26.8. The Labute approximate surface area is 435 Å². The number of piperidine rings is 1. The molecule has 0 radical (unpaired) electrons. The van der Waals surface area contributed by atoms with E-state index in [2.05, 4.69) is 31.9 Å². The Morgan fingerprint density at radius 3 is 2.09 bits per heavy atom. The van der Waals surface area contributed by atoms with Gasteiger partial charge < -0.3 is 56.7 Å². The molecule has 0 unspecified atom stereocenters. The van der Waals surface area contributed by atoms with Crippen LogP contribution in [-0.2, 0) is 71.5 Å². The van der Waals surface area contributed by atoms with Gasteiger partial charge in [0.15, 0.2) is 0 Å². The smallest absolute Gasteiger partial charge is 0.329 e. The summed E-state index contributed by atoms with van der Waals surface area (Å²) in [5.41, 5.74) is 0.693. The lowest BCUT2D eigenvalue weighted by atomic mass is 9.95. The number of ether oxygens (including phenoxy) is 1. The number of allylic oxidation sites excluding steroid dienone is 1. The molecule has 22 heteroatoms. The minimum absolute atomic E-state index is 0.0625. The second kappa shape index (κ2) is 28.1. The summed E-state index contributed by atoms with van der Waals surface area (Å²) < 4.78 is 18.3. The molecule has 21 nitrogen and oxygen atoms in total. The van der Waals surface area contributed by atoms with E-state index < -0.39 is 124 Å². The number of phenols is 1. The molecule has 0 saturated carbocycles. The lowest BCUT2D eigenvalue weighted by Gasteiger charge is -2.43. The zero-order chi connectivity index (χ0) is 55.0. The number of aliphatic hydroxyl groups is 1. The van der Waals surface area contributed by atoms with Gasteiger partial charge in [0.05, 0.1) is 0 Å². The molecule has 2 bridgehead atoms. The fourth-order valence-corrected chi connectivity index (χ4v) is 9.18. The number of hydrogen-bond donors (Lipinski definition) is 8. The topological polar surface area (TPSA) is 299 Å². The Hall–Kier alpha value is -6.68. The Bertz CT molecular complexity index is 2390. The Morgan fingerprint density at radius 1 is 0.865 bits per heavy atom. The van der Waals surface area contributed by atoms with E-state index in [0.717, 1.165) is 9.80 Å². The van der Waals surface area contributed by atoms with Crippen molar-refractivity contribution in [3.8, 4) is 5.75 Å². The molecule has 0 aliphatic carbocycles. The van der Waals surface area contributed by atoms with Gasteiger partial charge in [0, 0.05) is 49.1 Å². The molecule has 406 valence electrons. The maximum Gasteiger partial charge on any atom is 0.329 e. The zero-order valence-electron chi connectivity index (χ0n) is 43.7. The first kappa shape index (κ1) is 59.9. The molecule has 74 heavy (non-hydrogen) atoms. The van der Waals surface area contributed by atoms with Crippen LogP contribution in [0.2, 0.25) is 0 Å². The second-order valence-corrected chi connectivity index (χ2v) is 20.8. The molecule has 2 heterocycles. The van der Waals surface area contributed by atoms with Crippen LogP contribution >= 0.6 is 0 Å². The summed E-state index contributed by atoms with van der Waals surface area (Å²) in [7, 11) is -0.117. The van der Waals surface area contributed by atoms with Crippen LogP contribution in [-0.4, -0.2) is 151 Å². The number of carbonyl (C=O) groups excluding carboxylic acids is 9. The van der Waals surface area contributed by atoms with E-state index in [4.69, 9.17) is 4.74 Å². The third kappa shape index (κ3) is 16.4. The van der Waals surface area contributed by atoms with E-state index >= 15 is 4.79 Å². The second-order valence-electron chi connectivity index (χ2n) is 19.2. The number of aliphatic hydroxyl groups excluding tert-OH is 1. The summed E-state index contributed by atoms with van der Waals surface area (Å²) in [4.78, 5) is 130. The van der Waals surface area contributed by atoms with Crippen molar-refractivity contribution in [2.75, 3.05) is 19.1 Å². The van der Waals surface area contributed by atoms with Gasteiger partial charge in [-0.3, -0.25) is 42.6 Å². The van der Waals surface area contributed by atoms with E-state index in [1.165, 1.54) is 45.4 Å². The maximum atomic E-state index is 15.0. The average molecular weight is 1050 g/mol. The average Bonchev–Trinajstić information content (AvgIpc) is 3.36. The van der Waals surface area contributed by atoms with E-state index in [1.54, 1.807) is 70.2 Å². The number of nitrogens with one attached hydrogen (secondary N) is 6. The summed E-state index contributed by atoms with van der Waals surface area (Å²) in [5, 5.41) is 37.3. The van der Waals surface area contributed by atoms with Gasteiger partial charge in [-0.15, -0.1) is 0 Å². The van der Waals surface area contributed by atoms with Crippen LogP contribution in [0.4, 0.5) is 0 Å². The van der Waals surface area contributed by atoms with Crippen LogP contribution in [0.3, 0.4) is 0 Å². The summed E-state index contributed by atoms with van der Waals surface area (Å²) in [6.45, 7) is 11.3. The van der Waals surface area contributed by atoms with Gasteiger partial charge in [-0.1, -0.05) is 89.6 Å². The third-order valence-electron chi connectivity index (χ3n) is 13.2. The molecule has 2 aliphatic heterocycles. The van der Waals surface area contributed by atoms with Gasteiger partial charge in [0.1, 0.15) is 66.1 Å². The van der Waals surface area contributed by atoms with Crippen molar-refractivity contribution in [2.24, 2.45) is 11.8 Å². The summed E-state index contributed by atoms with van der Waals surface area (Å²) >= 11 is 0. The van der Waals surface area contributed by atoms with E-state index in [1.807, 2.05) is 6.92 Å². The maximum absolute atomic E-state index is 15.0. The van der Waals surface area contributed by atoms with Crippen LogP contribution in [0, 0.1) is 11.8 Å². The van der Waals surface area contributed by atoms with E-state index in [0.29, 0.717) is 24.0 Å². The van der Waals surface area contributed by atoms with Gasteiger partial charge in [-0.05, 0) is 74.6 Å². The molecule has 4 rings (SSSR count). The predicted octanol–water partition coefficient (Wildman–Crippen LogP) is 0.974. The van der Waals surface area contributed by atoms with Crippen molar-refractivity contribution in [3.05, 3.63) is 77.5 Å². The molecule has 11 atom stereocenters. The number of carbonyl (C=O) groups is 9. The lowest BCUT2D eigenvalue weighted by Crippen LogP contribution is -2.64. The van der Waals surface area contributed by atoms with Gasteiger partial charge in [-0.2, -0.15) is 0 Å². The highest BCUT2D eigenvalue weighted by Gasteiger charge is 2.45. The van der Waals surface area contributed by atoms with Crippen LogP contribution in [0.25, 0.3) is 0 Å². The number of hydrogen-bond acceptors (Lipinski definition) is 13. The molecular formula is C52H74N8O13S. The standard InChI is InChI=1S/C52H74N8O13S/c1-10-16-40(62)56-43(30(6)11-2)48(67)54-36(25-26-74(9)72)46(65)58-44-31(7)73-52(71)42(29(4)5)57-47(66)38(27-33-19-21-34(61)22-20-33)59(8)51(70)39(28-32-17-14-13-15-18-32)60-41(63)24-23-37(50(60)69)55-45(64)35(12-3)53-49(44)68/h12-15,17-22,29-31,36-39,41-44,61,63H,10-11,16,23-28H2,1-9H3,(H,53,68)(H,54,67)(H,55,64)(H,56,62)(H,57,66)(H,58,65)/b35-12-/t30-,31-,36-,37-,38-,39-,41-,42-,43-,44+,74+/m0/s1. The Balaban J connectivity index is 1.84. The van der Waals surface area contributed by atoms with Crippen molar-refractivity contribution in [1.29, 1.82) is 0 Å². The number of amides is 8. The largest absolute Gasteiger partial charge is 0.508 e. The predicted molar refractivity (Wildman–Crippen MR) is 274 cm³/mol. The molecule has 0 spiro atoms. The van der Waals surface area contributed by atoms with E-state index in [-0.39, 0.29) is 61.9 Å². The molecule has 2 aromatic rings. The Morgan fingerprint density at radius 2 is 1.50 bits per heavy atom. The van der Waals surface area contributed by atoms with Crippen molar-refractivity contribution in [2.45, 2.75) is 154 Å². The normalized spacial score (nSPS) is 24.7. The fourth-order valence-electron chi connectivity index (χ4n) is 8.61. The number of benzene rings is 2. The third-order valence-corrected chi connectivity index (χ3v) is 14.1. The quantitative estimate of drug-likeness (QED) is 0.0811. The lowest BCUT2D eigenvalue weighted by molar-refractivity contribution is -0.165. The van der Waals surface area contributed by atoms with Crippen molar-refractivity contribution in [3.63, 3.8) is 0 Å². The zero-order valence-corrected chi connectivity index (χ0v) is 44.5. The van der Waals surface area contributed by atoms with Crippen LogP contribution in [0.1, 0.15) is 98.1 Å². The highest BCUT2D eigenvalue weighted by molar-refractivity contribution is 7.84. The molecule has 8 N–H and O–H groups in total. The number of esters is 1. The molecule has 2 saturated heterocycles. The fraction of sp³-hybridized carbons (Fsp3) is 0.558. The highest BCUT2D eigenvalue weighted by atomic mass is 32.2. The molecule has 0 aromatic heterocycles. The number of likely N-dealkylation sites (N-methyl/N-ethyl adjacent to an activating group) is 1. The highest BCUT2D eigenvalue weighted by Crippen LogP contribution is 2.26. The number of fused-ring (bicyclic) bond motifs is 2. The van der Waals surface area contributed by atoms with Gasteiger partial charge >= 0.3 is 5.97 Å². The summed E-state index contributed by atoms with van der Waals surface area (Å²) in [5.74, 6) is -8.85. The summed E-state index contributed by atoms with van der Waals surface area (Å²) in [6, 6.07) is 4.58. The summed E-state index contributed by atoms with van der Waals surface area (Å²) in [6.07, 6.45) is -0.000657. The molecule has 2 aromatic carbocycles. The first-order chi connectivity index (χ1) is 35.0. The number of nitrogens with zero attached hydrogens (tertiary/aromatic N) is 2. The van der Waals surface area contributed by atoms with Gasteiger partial charge in [0.2, 0.25) is 35.4 Å². The van der Waals surface area contributed by atoms with Crippen LogP contribution in [0.5, 0.6) is 5.75 Å². The van der Waals surface area contributed by atoms with Gasteiger partial charge in [-0.25, -0.2) is 4.79 Å². The van der Waals surface area contributed by atoms with E-state index in [9.17, 15) is 52.8 Å². The number of rotatable bonds is 17. The first-order valence-electron chi connectivity index (χ1n) is 25.1. The molecular weight excluding hydrogens is 977 g/mol. The minimum Gasteiger partial charge on any atom is -0.508 e. The monoisotopic (exact) mass is 1050 g/mol. The van der Waals surface area contributed by atoms with Crippen LogP contribution in [0.15, 0.2) is 66.4 Å². The van der Waals surface area contributed by atoms with Crippen molar-refractivity contribution >= 4 is 64.0 Å². The molecule has 8 amide bonds. The number of phenolic OH excluding ortho intramolecular Hbond substituents is 1. The Kier molecular flexibility index (Phi) is 22.8. The van der Waals surface area contributed by atoms with Crippen molar-refractivity contribution < 1.29 is 62.3 Å². The van der Waals surface area contributed by atoms with Crippen LogP contribution < -0.4 is 31.9 Å². The molecule has 2 fully saturated rings. The molecule has 2 aliphatic rings. The van der Waals surface area contributed by atoms with Gasteiger partial charge in [0.25, 0.3) is 11.8 Å².